The predicted octanol–water partition coefficient (Wildman–Crippen LogP) is 2.24. The first-order valence-corrected chi connectivity index (χ1v) is 6.89. The molecule has 9 heteroatoms. The monoisotopic (exact) mass is 259 g/mol. The molecule has 0 aromatic carbocycles. The molecular weight excluding hydrogens is 244 g/mol. The number of hydrogen-bond donors (Lipinski definition) is 0. The Balaban J connectivity index is 2.56. The number of azide groups is 1. The van der Waals surface area contributed by atoms with Crippen molar-refractivity contribution >= 4 is 15.4 Å². The summed E-state index contributed by atoms with van der Waals surface area (Å²) in [6, 6.07) is -0.322. The van der Waals surface area contributed by atoms with Crippen LogP contribution in [0.2, 0.25) is 5.82 Å². The molecule has 94 valence electrons. The molecule has 1 fully saturated rings. The third-order valence-electron chi connectivity index (χ3n) is 2.71. The van der Waals surface area contributed by atoms with Gasteiger partial charge in [-0.25, -0.2) is 0 Å². The summed E-state index contributed by atoms with van der Waals surface area (Å²) in [6.45, 7) is 0. The fourth-order valence-corrected chi connectivity index (χ4v) is 2.48. The van der Waals surface area contributed by atoms with Crippen LogP contribution in [0.25, 0.3) is 10.4 Å². The summed E-state index contributed by atoms with van der Waals surface area (Å²) < 4.78 is 26.7. The minimum Gasteiger partial charge on any atom is -0.365 e. The van der Waals surface area contributed by atoms with Gasteiger partial charge in [0.15, 0.2) is 0 Å². The Morgan fingerprint density at radius 3 is 2.65 bits per heavy atom. The Hall–Kier alpha value is -0.515. The summed E-state index contributed by atoms with van der Waals surface area (Å²) in [5.74, 6) is -0.0695. The topological polar surface area (TPSA) is 93.5 Å². The molecule has 0 heterocycles. The van der Waals surface area contributed by atoms with E-state index in [-0.39, 0.29) is 24.3 Å². The lowest BCUT2D eigenvalue weighted by Crippen LogP contribution is -2.21. The summed E-state index contributed by atoms with van der Waals surface area (Å²) in [5, 5.41) is 3.61. The smallest absolute Gasteiger partial charge is 0.355 e. The maximum Gasteiger partial charge on any atom is 0.355 e. The van der Waals surface area contributed by atoms with Crippen molar-refractivity contribution in [3.63, 3.8) is 0 Å². The average molecular weight is 259 g/mol. The Kier molecular flexibility index (Phi) is 5.50. The van der Waals surface area contributed by atoms with Gasteiger partial charge in [-0.15, -0.1) is 0 Å². The van der Waals surface area contributed by atoms with Crippen molar-refractivity contribution in [3.05, 3.63) is 10.4 Å². The minimum absolute atomic E-state index is 0.0695. The molecule has 0 aromatic rings. The molecule has 2 radical (unpaired) electrons. The second-order valence-corrected chi connectivity index (χ2v) is 6.02. The van der Waals surface area contributed by atoms with E-state index >= 15 is 0 Å². The van der Waals surface area contributed by atoms with E-state index in [2.05, 4.69) is 10.0 Å². The molecule has 3 unspecified atom stereocenters. The summed E-state index contributed by atoms with van der Waals surface area (Å²) in [5.41, 5.74) is 8.41. The lowest BCUT2D eigenvalue weighted by molar-refractivity contribution is 0.0652. The van der Waals surface area contributed by atoms with Crippen LogP contribution >= 0.6 is 7.60 Å². The third-order valence-corrected chi connectivity index (χ3v) is 4.29. The van der Waals surface area contributed by atoms with Gasteiger partial charge in [0.1, 0.15) is 6.35 Å². The fourth-order valence-electron chi connectivity index (χ4n) is 1.75. The van der Waals surface area contributed by atoms with Crippen molar-refractivity contribution in [2.24, 2.45) is 5.11 Å². The second-order valence-electron chi connectivity index (χ2n) is 3.81. The van der Waals surface area contributed by atoms with E-state index in [0.29, 0.717) is 12.8 Å². The van der Waals surface area contributed by atoms with Crippen LogP contribution in [0.3, 0.4) is 0 Å². The van der Waals surface area contributed by atoms with E-state index in [1.165, 1.54) is 14.2 Å². The Labute approximate surface area is 101 Å². The van der Waals surface area contributed by atoms with Crippen molar-refractivity contribution in [1.82, 2.24) is 0 Å². The SMILES string of the molecule is [B]C1CC(N=[N+]=[N-])C(OCP(=O)(OC)OC)C1. The van der Waals surface area contributed by atoms with E-state index in [1.807, 2.05) is 0 Å². The molecule has 1 rings (SSSR count). The van der Waals surface area contributed by atoms with Gasteiger partial charge >= 0.3 is 7.60 Å². The Morgan fingerprint density at radius 2 is 2.12 bits per heavy atom. The molecule has 0 N–H and O–H groups in total. The summed E-state index contributed by atoms with van der Waals surface area (Å²) in [7, 11) is 5.14. The molecule has 1 aliphatic carbocycles. The van der Waals surface area contributed by atoms with Gasteiger partial charge < -0.3 is 13.8 Å². The highest BCUT2D eigenvalue weighted by atomic mass is 31.2. The highest BCUT2D eigenvalue weighted by Crippen LogP contribution is 2.47. The van der Waals surface area contributed by atoms with Gasteiger partial charge in [-0.3, -0.25) is 4.57 Å². The zero-order valence-electron chi connectivity index (χ0n) is 9.85. The maximum atomic E-state index is 11.7. The lowest BCUT2D eigenvalue weighted by Gasteiger charge is -2.19. The van der Waals surface area contributed by atoms with Crippen molar-refractivity contribution in [3.8, 4) is 0 Å². The largest absolute Gasteiger partial charge is 0.365 e. The van der Waals surface area contributed by atoms with Crippen molar-refractivity contribution in [2.45, 2.75) is 30.8 Å². The highest BCUT2D eigenvalue weighted by molar-refractivity contribution is 7.53. The van der Waals surface area contributed by atoms with Crippen molar-refractivity contribution in [2.75, 3.05) is 20.6 Å². The van der Waals surface area contributed by atoms with Crippen LogP contribution in [0, 0.1) is 0 Å². The number of hydrogen-bond acceptors (Lipinski definition) is 5. The van der Waals surface area contributed by atoms with Crippen molar-refractivity contribution in [1.29, 1.82) is 0 Å². The van der Waals surface area contributed by atoms with Crippen LogP contribution in [-0.2, 0) is 18.3 Å². The number of nitrogens with zero attached hydrogens (tertiary/aromatic N) is 3. The normalized spacial score (nSPS) is 28.9. The fraction of sp³-hybridized carbons (Fsp3) is 1.00. The van der Waals surface area contributed by atoms with Crippen LogP contribution in [0.1, 0.15) is 12.8 Å². The van der Waals surface area contributed by atoms with Gasteiger partial charge in [-0.05, 0) is 18.4 Å². The van der Waals surface area contributed by atoms with Crippen LogP contribution in [-0.4, -0.2) is 40.6 Å². The molecule has 0 saturated heterocycles. The van der Waals surface area contributed by atoms with Gasteiger partial charge in [-0.2, -0.15) is 0 Å². The molecule has 1 aliphatic rings. The maximum absolute atomic E-state index is 11.7. The first-order chi connectivity index (χ1) is 8.04. The molecule has 0 aromatic heterocycles. The van der Waals surface area contributed by atoms with E-state index in [4.69, 9.17) is 27.2 Å². The first kappa shape index (κ1) is 14.5. The third kappa shape index (κ3) is 4.01. The number of ether oxygens (including phenoxy) is 1. The molecule has 0 bridgehead atoms. The van der Waals surface area contributed by atoms with Gasteiger partial charge in [0.2, 0.25) is 0 Å². The molecule has 7 nitrogen and oxygen atoms in total. The first-order valence-electron chi connectivity index (χ1n) is 5.16. The minimum atomic E-state index is -3.20. The predicted molar refractivity (Wildman–Crippen MR) is 63.0 cm³/mol. The lowest BCUT2D eigenvalue weighted by atomic mass is 9.86. The summed E-state index contributed by atoms with van der Waals surface area (Å²) in [6.07, 6.45) is 0.629. The second kappa shape index (κ2) is 6.43. The summed E-state index contributed by atoms with van der Waals surface area (Å²) in [4.78, 5) is 2.75. The molecular formula is C8H15BN3O4P. The molecule has 0 aliphatic heterocycles. The molecule has 0 amide bonds. The van der Waals surface area contributed by atoms with Gasteiger partial charge in [-0.1, -0.05) is 10.9 Å². The summed E-state index contributed by atoms with van der Waals surface area (Å²) >= 11 is 0. The zero-order valence-corrected chi connectivity index (χ0v) is 10.7. The van der Waals surface area contributed by atoms with E-state index in [9.17, 15) is 4.57 Å². The molecule has 3 atom stereocenters. The molecule has 17 heavy (non-hydrogen) atoms. The van der Waals surface area contributed by atoms with Gasteiger partial charge in [0.25, 0.3) is 0 Å². The highest BCUT2D eigenvalue weighted by Gasteiger charge is 2.34. The number of rotatable bonds is 6. The van der Waals surface area contributed by atoms with Crippen molar-refractivity contribution < 1.29 is 18.3 Å². The van der Waals surface area contributed by atoms with Gasteiger partial charge in [0.05, 0.1) is 20.0 Å². The molecule has 0 spiro atoms. The van der Waals surface area contributed by atoms with Gasteiger partial charge in [0, 0.05) is 19.1 Å². The average Bonchev–Trinajstić information content (AvgIpc) is 2.67. The Bertz CT molecular complexity index is 342. The quantitative estimate of drug-likeness (QED) is 0.240. The van der Waals surface area contributed by atoms with Crippen LogP contribution < -0.4 is 0 Å². The molecule has 1 saturated carbocycles. The zero-order chi connectivity index (χ0) is 12.9. The van der Waals surface area contributed by atoms with Crippen LogP contribution in [0.4, 0.5) is 0 Å². The Morgan fingerprint density at radius 1 is 1.47 bits per heavy atom. The van der Waals surface area contributed by atoms with E-state index in [0.717, 1.165) is 0 Å². The van der Waals surface area contributed by atoms with Crippen LogP contribution in [0.5, 0.6) is 0 Å². The van der Waals surface area contributed by atoms with E-state index < -0.39 is 7.60 Å². The standard InChI is InChI=1S/C8H15BN3O4P/c1-14-17(13,15-2)5-16-8-4-6(9)3-7(8)11-12-10/h6-8H,3-5H2,1-2H3. The van der Waals surface area contributed by atoms with Crippen LogP contribution in [0.15, 0.2) is 5.11 Å². The van der Waals surface area contributed by atoms with E-state index in [1.54, 1.807) is 0 Å².